The van der Waals surface area contributed by atoms with Gasteiger partial charge in [0.1, 0.15) is 0 Å². The number of allylic oxidation sites excluding steroid dienone is 4. The molecule has 0 saturated heterocycles. The average Bonchev–Trinajstić information content (AvgIpc) is 2.77. The first-order chi connectivity index (χ1) is 14.4. The molecule has 0 aliphatic heterocycles. The monoisotopic (exact) mass is 396 g/mol. The molecule has 0 heteroatoms. The zero-order valence-electron chi connectivity index (χ0n) is 19.4. The second-order valence-electron chi connectivity index (χ2n) is 7.34. The Labute approximate surface area is 184 Å². The Morgan fingerprint density at radius 3 is 1.77 bits per heavy atom. The van der Waals surface area contributed by atoms with Gasteiger partial charge in [-0.15, -0.1) is 0 Å². The van der Waals surface area contributed by atoms with E-state index in [0.717, 1.165) is 5.57 Å². The summed E-state index contributed by atoms with van der Waals surface area (Å²) in [7, 11) is 0. The maximum absolute atomic E-state index is 3.86. The molecular formula is C30H36. The van der Waals surface area contributed by atoms with Gasteiger partial charge in [0.2, 0.25) is 0 Å². The van der Waals surface area contributed by atoms with Crippen molar-refractivity contribution in [2.75, 3.05) is 0 Å². The van der Waals surface area contributed by atoms with E-state index in [0.29, 0.717) is 0 Å². The molecule has 0 unspecified atom stereocenters. The van der Waals surface area contributed by atoms with E-state index >= 15 is 0 Å². The highest BCUT2D eigenvalue weighted by molar-refractivity contribution is 5.63. The van der Waals surface area contributed by atoms with Crippen LogP contribution in [0.1, 0.15) is 55.5 Å². The Balaban J connectivity index is 0.000000225. The number of rotatable bonds is 3. The predicted octanol–water partition coefficient (Wildman–Crippen LogP) is 9.17. The molecule has 0 atom stereocenters. The summed E-state index contributed by atoms with van der Waals surface area (Å²) >= 11 is 0. The van der Waals surface area contributed by atoms with Crippen molar-refractivity contribution in [1.82, 2.24) is 0 Å². The van der Waals surface area contributed by atoms with Crippen LogP contribution in [0, 0.1) is 13.8 Å². The first-order valence-corrected chi connectivity index (χ1v) is 10.5. The summed E-state index contributed by atoms with van der Waals surface area (Å²) < 4.78 is 0. The minimum atomic E-state index is 1.13. The fourth-order valence-corrected chi connectivity index (χ4v) is 2.66. The highest BCUT2D eigenvalue weighted by Crippen LogP contribution is 2.12. The van der Waals surface area contributed by atoms with Gasteiger partial charge in [-0.3, -0.25) is 0 Å². The summed E-state index contributed by atoms with van der Waals surface area (Å²) in [4.78, 5) is 0. The molecule has 0 saturated carbocycles. The summed E-state index contributed by atoms with van der Waals surface area (Å²) in [5, 5.41) is 0. The number of hydrogen-bond acceptors (Lipinski definition) is 0. The van der Waals surface area contributed by atoms with Gasteiger partial charge in [-0.25, -0.2) is 0 Å². The number of benzene rings is 3. The molecule has 0 N–H and O–H groups in total. The van der Waals surface area contributed by atoms with E-state index in [1.807, 2.05) is 19.9 Å². The Morgan fingerprint density at radius 1 is 0.700 bits per heavy atom. The van der Waals surface area contributed by atoms with Crippen LogP contribution < -0.4 is 0 Å². The Kier molecular flexibility index (Phi) is 11.6. The van der Waals surface area contributed by atoms with E-state index in [1.165, 1.54) is 33.4 Å². The number of aryl methyl sites for hydroxylation is 2. The summed E-state index contributed by atoms with van der Waals surface area (Å²) in [6, 6.07) is 27.1. The van der Waals surface area contributed by atoms with Crippen molar-refractivity contribution >= 4 is 17.2 Å². The molecule has 3 rings (SSSR count). The maximum Gasteiger partial charge on any atom is -0.0231 e. The first kappa shape index (κ1) is 24.9. The van der Waals surface area contributed by atoms with Crippen LogP contribution >= 0.6 is 0 Å². The molecule has 3 aromatic rings. The number of hydrogen-bond donors (Lipinski definition) is 0. The molecule has 0 bridgehead atoms. The Morgan fingerprint density at radius 2 is 1.27 bits per heavy atom. The Hall–Kier alpha value is -3.12. The fraction of sp³-hybridized carbons (Fsp3) is 0.200. The van der Waals surface area contributed by atoms with E-state index in [1.54, 1.807) is 0 Å². The Bertz CT molecular complexity index is 939. The molecule has 30 heavy (non-hydrogen) atoms. The molecule has 0 fully saturated rings. The molecule has 0 aliphatic rings. The third kappa shape index (κ3) is 9.39. The van der Waals surface area contributed by atoms with Crippen molar-refractivity contribution in [3.8, 4) is 0 Å². The third-order valence-electron chi connectivity index (χ3n) is 4.74. The second kappa shape index (κ2) is 14.0. The van der Waals surface area contributed by atoms with Gasteiger partial charge in [0.15, 0.2) is 0 Å². The van der Waals surface area contributed by atoms with Crippen LogP contribution in [0.25, 0.3) is 17.2 Å². The van der Waals surface area contributed by atoms with Gasteiger partial charge < -0.3 is 0 Å². The molecule has 0 nitrogen and oxygen atoms in total. The van der Waals surface area contributed by atoms with Gasteiger partial charge in [0.05, 0.1) is 0 Å². The van der Waals surface area contributed by atoms with Gasteiger partial charge in [0, 0.05) is 0 Å². The molecule has 0 aromatic heterocycles. The SMILES string of the molecule is C=C(C)c1ccc(C)cc1.CC=C(C)c1ccccc1.CC=Cc1ccccc1C. The van der Waals surface area contributed by atoms with Crippen molar-refractivity contribution in [2.24, 2.45) is 0 Å². The largest absolute Gasteiger partial charge is 0.0955 e. The smallest absolute Gasteiger partial charge is 0.0231 e. The molecular weight excluding hydrogens is 360 g/mol. The standard InChI is InChI=1S/3C10H12/c1-8(2)10-6-4-9(3)5-7-10;1-3-9(2)10-7-5-4-6-8-10;1-3-6-10-8-5-4-7-9(10)2/h4-7H,1H2,2-3H3;2*3-8H,1-2H3. The maximum atomic E-state index is 3.86. The summed E-state index contributed by atoms with van der Waals surface area (Å²) in [5.74, 6) is 0. The first-order valence-electron chi connectivity index (χ1n) is 10.5. The van der Waals surface area contributed by atoms with Crippen molar-refractivity contribution in [1.29, 1.82) is 0 Å². The minimum Gasteiger partial charge on any atom is -0.0955 e. The zero-order valence-corrected chi connectivity index (χ0v) is 19.4. The van der Waals surface area contributed by atoms with E-state index in [9.17, 15) is 0 Å². The lowest BCUT2D eigenvalue weighted by Gasteiger charge is -1.98. The fourth-order valence-electron chi connectivity index (χ4n) is 2.66. The van der Waals surface area contributed by atoms with Crippen molar-refractivity contribution in [2.45, 2.75) is 41.5 Å². The quantitative estimate of drug-likeness (QED) is 0.414. The van der Waals surface area contributed by atoms with Crippen LogP contribution in [0.4, 0.5) is 0 Å². The van der Waals surface area contributed by atoms with Gasteiger partial charge in [-0.1, -0.05) is 115 Å². The minimum absolute atomic E-state index is 1.13. The summed E-state index contributed by atoms with van der Waals surface area (Å²) in [6.45, 7) is 16.3. The van der Waals surface area contributed by atoms with E-state index in [2.05, 4.69) is 125 Å². The van der Waals surface area contributed by atoms with Crippen LogP contribution in [0.15, 0.2) is 97.6 Å². The highest BCUT2D eigenvalue weighted by Gasteiger charge is 1.90. The van der Waals surface area contributed by atoms with Gasteiger partial charge in [-0.2, -0.15) is 0 Å². The van der Waals surface area contributed by atoms with E-state index < -0.39 is 0 Å². The van der Waals surface area contributed by atoms with Gasteiger partial charge in [-0.05, 0) is 69.4 Å². The lowest BCUT2D eigenvalue weighted by molar-refractivity contribution is 1.44. The van der Waals surface area contributed by atoms with Gasteiger partial charge in [0.25, 0.3) is 0 Å². The van der Waals surface area contributed by atoms with Crippen LogP contribution in [-0.4, -0.2) is 0 Å². The molecule has 0 aliphatic carbocycles. The topological polar surface area (TPSA) is 0 Å². The summed E-state index contributed by atoms with van der Waals surface area (Å²) in [5.41, 5.74) is 8.94. The van der Waals surface area contributed by atoms with E-state index in [-0.39, 0.29) is 0 Å². The molecule has 0 heterocycles. The second-order valence-corrected chi connectivity index (χ2v) is 7.34. The lowest BCUT2D eigenvalue weighted by Crippen LogP contribution is -1.76. The normalized spacial score (nSPS) is 10.5. The molecule has 0 radical (unpaired) electrons. The van der Waals surface area contributed by atoms with Gasteiger partial charge >= 0.3 is 0 Å². The van der Waals surface area contributed by atoms with Crippen LogP contribution in [-0.2, 0) is 0 Å². The lowest BCUT2D eigenvalue weighted by atomic mass is 10.1. The van der Waals surface area contributed by atoms with Crippen molar-refractivity contribution in [3.05, 3.63) is 125 Å². The van der Waals surface area contributed by atoms with E-state index in [4.69, 9.17) is 0 Å². The molecule has 0 spiro atoms. The molecule has 0 amide bonds. The third-order valence-corrected chi connectivity index (χ3v) is 4.74. The van der Waals surface area contributed by atoms with Crippen molar-refractivity contribution < 1.29 is 0 Å². The molecule has 156 valence electrons. The van der Waals surface area contributed by atoms with Crippen LogP contribution in [0.5, 0.6) is 0 Å². The van der Waals surface area contributed by atoms with Crippen LogP contribution in [0.3, 0.4) is 0 Å². The average molecular weight is 397 g/mol. The predicted molar refractivity (Wildman–Crippen MR) is 138 cm³/mol. The van der Waals surface area contributed by atoms with Crippen LogP contribution in [0.2, 0.25) is 0 Å². The molecule has 3 aromatic carbocycles. The van der Waals surface area contributed by atoms with Crippen molar-refractivity contribution in [3.63, 3.8) is 0 Å². The summed E-state index contributed by atoms with van der Waals surface area (Å²) in [6.07, 6.45) is 6.30. The zero-order chi connectivity index (χ0) is 22.4. The highest BCUT2D eigenvalue weighted by atomic mass is 14.0.